The Kier molecular flexibility index (Phi) is 4.98. The Hall–Kier alpha value is -1.85. The largest absolute Gasteiger partial charge is 0.356 e. The first-order chi connectivity index (χ1) is 10.0. The molecule has 1 aliphatic heterocycles. The molecule has 0 radical (unpaired) electrons. The molecular weight excluding hydrogens is 266 g/mol. The van der Waals surface area contributed by atoms with E-state index in [-0.39, 0.29) is 6.03 Å². The van der Waals surface area contributed by atoms with Gasteiger partial charge in [-0.05, 0) is 19.3 Å². The molecular formula is C15H25N5O. The van der Waals surface area contributed by atoms with Crippen LogP contribution in [0, 0.1) is 0 Å². The van der Waals surface area contributed by atoms with Gasteiger partial charge in [0.1, 0.15) is 12.1 Å². The van der Waals surface area contributed by atoms with E-state index >= 15 is 0 Å². The van der Waals surface area contributed by atoms with E-state index in [4.69, 9.17) is 0 Å². The van der Waals surface area contributed by atoms with E-state index < -0.39 is 0 Å². The number of aryl methyl sites for hydroxylation is 1. The lowest BCUT2D eigenvalue weighted by atomic mass is 10.0. The third-order valence-corrected chi connectivity index (χ3v) is 4.09. The lowest BCUT2D eigenvalue weighted by Gasteiger charge is -2.38. The summed E-state index contributed by atoms with van der Waals surface area (Å²) in [5, 5.41) is 0. The van der Waals surface area contributed by atoms with Crippen LogP contribution in [0.1, 0.15) is 25.5 Å². The first kappa shape index (κ1) is 15.5. The second-order valence-corrected chi connectivity index (χ2v) is 5.73. The smallest absolute Gasteiger partial charge is 0.319 e. The van der Waals surface area contributed by atoms with Crippen LogP contribution >= 0.6 is 0 Å². The van der Waals surface area contributed by atoms with Gasteiger partial charge in [0.05, 0.1) is 0 Å². The zero-order valence-corrected chi connectivity index (χ0v) is 13.4. The maximum atomic E-state index is 12.0. The molecule has 2 rings (SSSR count). The van der Waals surface area contributed by atoms with Crippen molar-refractivity contribution in [3.05, 3.63) is 18.1 Å². The number of nitrogens with zero attached hydrogens (tertiary/aromatic N) is 5. The Morgan fingerprint density at radius 1 is 1.29 bits per heavy atom. The van der Waals surface area contributed by atoms with Gasteiger partial charge >= 0.3 is 6.03 Å². The molecule has 0 aliphatic carbocycles. The van der Waals surface area contributed by atoms with E-state index in [9.17, 15) is 4.79 Å². The number of aromatic nitrogens is 2. The Labute approximate surface area is 126 Å². The van der Waals surface area contributed by atoms with Crippen LogP contribution in [0.4, 0.5) is 10.6 Å². The van der Waals surface area contributed by atoms with Gasteiger partial charge < -0.3 is 14.7 Å². The van der Waals surface area contributed by atoms with Crippen molar-refractivity contribution < 1.29 is 4.79 Å². The molecule has 6 nitrogen and oxygen atoms in total. The molecule has 1 aliphatic rings. The summed E-state index contributed by atoms with van der Waals surface area (Å²) >= 11 is 0. The molecule has 0 aromatic carbocycles. The third kappa shape index (κ3) is 3.62. The van der Waals surface area contributed by atoms with E-state index in [1.165, 1.54) is 0 Å². The van der Waals surface area contributed by atoms with E-state index in [2.05, 4.69) is 27.9 Å². The fourth-order valence-electron chi connectivity index (χ4n) is 2.71. The number of urea groups is 1. The molecule has 2 amide bonds. The number of hydrogen-bond donors (Lipinski definition) is 0. The maximum Gasteiger partial charge on any atom is 0.319 e. The first-order valence-corrected chi connectivity index (χ1v) is 7.53. The van der Waals surface area contributed by atoms with Gasteiger partial charge in [0, 0.05) is 52.0 Å². The van der Waals surface area contributed by atoms with Crippen LogP contribution in [0.25, 0.3) is 0 Å². The van der Waals surface area contributed by atoms with Gasteiger partial charge in [0.15, 0.2) is 0 Å². The van der Waals surface area contributed by atoms with Crippen molar-refractivity contribution in [1.82, 2.24) is 19.8 Å². The first-order valence-electron chi connectivity index (χ1n) is 7.53. The molecule has 0 spiro atoms. The molecule has 0 N–H and O–H groups in total. The number of anilines is 1. The summed E-state index contributed by atoms with van der Waals surface area (Å²) in [6.45, 7) is 3.95. The molecule has 6 heteroatoms. The zero-order valence-electron chi connectivity index (χ0n) is 13.4. The summed E-state index contributed by atoms with van der Waals surface area (Å²) in [7, 11) is 5.48. The van der Waals surface area contributed by atoms with Crippen molar-refractivity contribution in [1.29, 1.82) is 0 Å². The monoisotopic (exact) mass is 291 g/mol. The molecule has 1 fully saturated rings. The summed E-state index contributed by atoms with van der Waals surface area (Å²) < 4.78 is 0. The lowest BCUT2D eigenvalue weighted by Crippen LogP contribution is -2.48. The molecule has 0 saturated carbocycles. The van der Waals surface area contributed by atoms with Gasteiger partial charge in [-0.2, -0.15) is 0 Å². The standard InChI is InChI=1S/C15H25N5O/c1-5-12-10-14(17-11-16-12)20-8-6-13(7-9-20)19(4)15(21)18(2)3/h10-11,13H,5-9H2,1-4H3. The van der Waals surface area contributed by atoms with Crippen molar-refractivity contribution in [3.63, 3.8) is 0 Å². The molecule has 0 unspecified atom stereocenters. The number of amides is 2. The van der Waals surface area contributed by atoms with Gasteiger partial charge in [-0.3, -0.25) is 0 Å². The Balaban J connectivity index is 1.95. The Morgan fingerprint density at radius 2 is 1.95 bits per heavy atom. The maximum absolute atomic E-state index is 12.0. The lowest BCUT2D eigenvalue weighted by molar-refractivity contribution is 0.155. The van der Waals surface area contributed by atoms with Gasteiger partial charge in [0.25, 0.3) is 0 Å². The molecule has 21 heavy (non-hydrogen) atoms. The van der Waals surface area contributed by atoms with Crippen LogP contribution in [0.15, 0.2) is 12.4 Å². The topological polar surface area (TPSA) is 52.6 Å². The minimum atomic E-state index is 0.0729. The van der Waals surface area contributed by atoms with Gasteiger partial charge in [-0.1, -0.05) is 6.92 Å². The van der Waals surface area contributed by atoms with E-state index in [1.54, 1.807) is 25.3 Å². The SMILES string of the molecule is CCc1cc(N2CCC(N(C)C(=O)N(C)C)CC2)ncn1. The van der Waals surface area contributed by atoms with Gasteiger partial charge in [-0.25, -0.2) is 14.8 Å². The summed E-state index contributed by atoms with van der Waals surface area (Å²) in [5.41, 5.74) is 1.07. The zero-order chi connectivity index (χ0) is 15.4. The quantitative estimate of drug-likeness (QED) is 0.849. The fourth-order valence-corrected chi connectivity index (χ4v) is 2.71. The van der Waals surface area contributed by atoms with Crippen LogP contribution in [-0.4, -0.2) is 66.1 Å². The van der Waals surface area contributed by atoms with Crippen LogP contribution in [-0.2, 0) is 6.42 Å². The van der Waals surface area contributed by atoms with Crippen LogP contribution in [0.3, 0.4) is 0 Å². The minimum Gasteiger partial charge on any atom is -0.356 e. The molecule has 116 valence electrons. The summed E-state index contributed by atoms with van der Waals surface area (Å²) in [5.74, 6) is 1.00. The summed E-state index contributed by atoms with van der Waals surface area (Å²) in [6, 6.07) is 2.45. The van der Waals surface area contributed by atoms with Gasteiger partial charge in [0.2, 0.25) is 0 Å². The van der Waals surface area contributed by atoms with Crippen LogP contribution in [0.2, 0.25) is 0 Å². The van der Waals surface area contributed by atoms with Crippen molar-refractivity contribution in [2.75, 3.05) is 39.1 Å². The molecule has 2 heterocycles. The highest BCUT2D eigenvalue weighted by molar-refractivity contribution is 5.73. The predicted molar refractivity (Wildman–Crippen MR) is 83.5 cm³/mol. The van der Waals surface area contributed by atoms with Crippen molar-refractivity contribution in [3.8, 4) is 0 Å². The van der Waals surface area contributed by atoms with E-state index in [1.807, 2.05) is 11.9 Å². The Morgan fingerprint density at radius 3 is 2.52 bits per heavy atom. The normalized spacial score (nSPS) is 15.9. The van der Waals surface area contributed by atoms with Crippen molar-refractivity contribution >= 4 is 11.8 Å². The predicted octanol–water partition coefficient (Wildman–Crippen LogP) is 1.62. The second kappa shape index (κ2) is 6.74. The summed E-state index contributed by atoms with van der Waals surface area (Å²) in [4.78, 5) is 26.4. The van der Waals surface area contributed by atoms with Crippen molar-refractivity contribution in [2.24, 2.45) is 0 Å². The van der Waals surface area contributed by atoms with Crippen LogP contribution in [0.5, 0.6) is 0 Å². The third-order valence-electron chi connectivity index (χ3n) is 4.09. The second-order valence-electron chi connectivity index (χ2n) is 5.73. The number of hydrogen-bond acceptors (Lipinski definition) is 4. The molecule has 0 atom stereocenters. The van der Waals surface area contributed by atoms with Crippen LogP contribution < -0.4 is 4.90 Å². The Bertz CT molecular complexity index is 483. The molecule has 1 saturated heterocycles. The minimum absolute atomic E-state index is 0.0729. The number of piperidine rings is 1. The van der Waals surface area contributed by atoms with Gasteiger partial charge in [-0.15, -0.1) is 0 Å². The average Bonchev–Trinajstić information content (AvgIpc) is 2.53. The number of carbonyl (C=O) groups is 1. The highest BCUT2D eigenvalue weighted by atomic mass is 16.2. The van der Waals surface area contributed by atoms with E-state index in [0.717, 1.165) is 43.9 Å². The number of carbonyl (C=O) groups excluding carboxylic acids is 1. The number of rotatable bonds is 3. The van der Waals surface area contributed by atoms with E-state index in [0.29, 0.717) is 6.04 Å². The fraction of sp³-hybridized carbons (Fsp3) is 0.667. The highest BCUT2D eigenvalue weighted by Gasteiger charge is 2.26. The highest BCUT2D eigenvalue weighted by Crippen LogP contribution is 2.21. The molecule has 1 aromatic rings. The van der Waals surface area contributed by atoms with Crippen molar-refractivity contribution in [2.45, 2.75) is 32.2 Å². The average molecular weight is 291 g/mol. The molecule has 1 aromatic heterocycles. The molecule has 0 bridgehead atoms. The summed E-state index contributed by atoms with van der Waals surface area (Å²) in [6.07, 6.45) is 4.51.